The van der Waals surface area contributed by atoms with Crippen molar-refractivity contribution in [3.63, 3.8) is 0 Å². The zero-order valence-electron chi connectivity index (χ0n) is 13.4. The van der Waals surface area contributed by atoms with Gasteiger partial charge in [-0.25, -0.2) is 22.0 Å². The molecule has 1 rings (SSSR count). The van der Waals surface area contributed by atoms with Crippen molar-refractivity contribution in [1.82, 2.24) is 0 Å². The lowest BCUT2D eigenvalue weighted by atomic mass is 10.2. The summed E-state index contributed by atoms with van der Waals surface area (Å²) in [5.41, 5.74) is -2.80. The number of hydrogen-bond donors (Lipinski definition) is 1. The maximum Gasteiger partial charge on any atom is 0.462 e. The Kier molecular flexibility index (Phi) is 6.50. The third-order valence-electron chi connectivity index (χ3n) is 3.10. The van der Waals surface area contributed by atoms with Crippen LogP contribution in [0.3, 0.4) is 0 Å². The normalized spacial score (nSPS) is 15.6. The topological polar surface area (TPSA) is 38.3 Å². The van der Waals surface area contributed by atoms with Gasteiger partial charge in [0.05, 0.1) is 0 Å². The summed E-state index contributed by atoms with van der Waals surface area (Å²) in [5, 5.41) is -0.0678. The van der Waals surface area contributed by atoms with E-state index in [0.29, 0.717) is 0 Å². The fourth-order valence-electron chi connectivity index (χ4n) is 1.55. The van der Waals surface area contributed by atoms with E-state index in [2.05, 4.69) is 0 Å². The zero-order valence-corrected chi connectivity index (χ0v) is 13.4. The predicted octanol–water partition coefficient (Wildman–Crippen LogP) is 5.36. The van der Waals surface area contributed by atoms with Crippen LogP contribution in [0.25, 0.3) is 0 Å². The second-order valence-corrected chi connectivity index (χ2v) is 5.18. The van der Waals surface area contributed by atoms with Crippen LogP contribution in [0.1, 0.15) is 0 Å². The fourth-order valence-corrected chi connectivity index (χ4v) is 1.55. The van der Waals surface area contributed by atoms with E-state index in [0.717, 1.165) is 0 Å². The second-order valence-electron chi connectivity index (χ2n) is 5.18. The SMILES string of the molecule is O=C(Nc1c(F)c(F)c(F)c(F)c1F)C(F)(OC(F)(F)C(F)(F)C(F)(F)F)C(F)(F)F. The number of alkyl halides is 11. The highest BCUT2D eigenvalue weighted by Crippen LogP contribution is 2.51. The Balaban J connectivity index is 3.54. The molecule has 1 atom stereocenters. The van der Waals surface area contributed by atoms with Gasteiger partial charge in [0.25, 0.3) is 5.91 Å². The average Bonchev–Trinajstić information content (AvgIpc) is 2.59. The molecule has 0 saturated heterocycles. The molecule has 1 N–H and O–H groups in total. The highest BCUT2D eigenvalue weighted by Gasteiger charge is 2.79. The first-order valence-electron chi connectivity index (χ1n) is 6.64. The van der Waals surface area contributed by atoms with Gasteiger partial charge in [-0.05, 0) is 0 Å². The van der Waals surface area contributed by atoms with Gasteiger partial charge in [0.2, 0.25) is 5.82 Å². The summed E-state index contributed by atoms with van der Waals surface area (Å²) in [4.78, 5) is 11.3. The molecule has 0 aliphatic carbocycles. The molecular formula is C12HF16NO2. The Labute approximate surface area is 157 Å². The lowest BCUT2D eigenvalue weighted by Crippen LogP contribution is -2.62. The van der Waals surface area contributed by atoms with Crippen molar-refractivity contribution in [2.45, 2.75) is 30.2 Å². The molecule has 1 aromatic rings. The Bertz CT molecular complexity index is 846. The summed E-state index contributed by atoms with van der Waals surface area (Å²) in [7, 11) is 0. The molecule has 0 spiro atoms. The van der Waals surface area contributed by atoms with Gasteiger partial charge in [-0.1, -0.05) is 0 Å². The van der Waals surface area contributed by atoms with Gasteiger partial charge in [-0.15, -0.1) is 0 Å². The van der Waals surface area contributed by atoms with Crippen molar-refractivity contribution in [3.8, 4) is 0 Å². The number of hydrogen-bond acceptors (Lipinski definition) is 2. The van der Waals surface area contributed by atoms with Crippen LogP contribution < -0.4 is 5.32 Å². The molecule has 1 unspecified atom stereocenters. The first-order valence-corrected chi connectivity index (χ1v) is 6.64. The fraction of sp³-hybridized carbons (Fsp3) is 0.417. The minimum Gasteiger partial charge on any atom is -0.316 e. The highest BCUT2D eigenvalue weighted by molar-refractivity contribution is 5.97. The molecule has 178 valence electrons. The maximum absolute atomic E-state index is 13.9. The standard InChI is InChI=1S/C12HF16NO2/c13-1-2(14)4(16)6(5(17)3(1)15)29-7(30)8(18,10(21,22)23)31-12(27,28)9(19,20)11(24,25)26/h(H,29,30). The van der Waals surface area contributed by atoms with Crippen LogP contribution in [0.4, 0.5) is 75.9 Å². The molecule has 0 heterocycles. The van der Waals surface area contributed by atoms with E-state index in [1.54, 1.807) is 4.74 Å². The second kappa shape index (κ2) is 7.59. The quantitative estimate of drug-likeness (QED) is 0.340. The molecule has 3 nitrogen and oxygen atoms in total. The van der Waals surface area contributed by atoms with Crippen molar-refractivity contribution in [2.24, 2.45) is 0 Å². The molecular weight excluding hydrogens is 494 g/mol. The number of rotatable bonds is 5. The highest BCUT2D eigenvalue weighted by atomic mass is 19.4. The summed E-state index contributed by atoms with van der Waals surface area (Å²) in [6, 6.07) is 0. The van der Waals surface area contributed by atoms with E-state index in [-0.39, 0.29) is 5.32 Å². The molecule has 0 aliphatic rings. The summed E-state index contributed by atoms with van der Waals surface area (Å²) < 4.78 is 206. The minimum absolute atomic E-state index is 0.0678. The van der Waals surface area contributed by atoms with E-state index in [9.17, 15) is 75.0 Å². The first kappa shape index (κ1) is 26.6. The third kappa shape index (κ3) is 4.31. The van der Waals surface area contributed by atoms with E-state index in [1.165, 1.54) is 0 Å². The van der Waals surface area contributed by atoms with Gasteiger partial charge >= 0.3 is 30.2 Å². The summed E-state index contributed by atoms with van der Waals surface area (Å²) in [6.45, 7) is 0. The number of halogens is 16. The number of carbonyl (C=O) groups excluding carboxylic acids is 1. The number of carbonyl (C=O) groups is 1. The van der Waals surface area contributed by atoms with Gasteiger partial charge < -0.3 is 5.32 Å². The molecule has 0 bridgehead atoms. The van der Waals surface area contributed by atoms with Crippen LogP contribution in [0.5, 0.6) is 0 Å². The van der Waals surface area contributed by atoms with Gasteiger partial charge in [-0.2, -0.15) is 48.3 Å². The van der Waals surface area contributed by atoms with Crippen LogP contribution in [-0.4, -0.2) is 36.1 Å². The number of amides is 1. The lowest BCUT2D eigenvalue weighted by Gasteiger charge is -2.34. The van der Waals surface area contributed by atoms with E-state index in [1.807, 2.05) is 0 Å². The molecule has 0 aliphatic heterocycles. The monoisotopic (exact) mass is 495 g/mol. The Morgan fingerprint density at radius 1 is 0.613 bits per heavy atom. The average molecular weight is 495 g/mol. The van der Waals surface area contributed by atoms with Crippen LogP contribution in [0.2, 0.25) is 0 Å². The van der Waals surface area contributed by atoms with Gasteiger partial charge in [0.1, 0.15) is 5.69 Å². The summed E-state index contributed by atoms with van der Waals surface area (Å²) in [5.74, 6) is -33.7. The van der Waals surface area contributed by atoms with E-state index < -0.39 is 70.9 Å². The summed E-state index contributed by atoms with van der Waals surface area (Å²) >= 11 is 0. The number of nitrogens with one attached hydrogen (secondary N) is 1. The number of benzene rings is 1. The van der Waals surface area contributed by atoms with Crippen molar-refractivity contribution in [2.75, 3.05) is 5.32 Å². The molecule has 0 fully saturated rings. The first-order chi connectivity index (χ1) is 13.5. The van der Waals surface area contributed by atoms with Crippen molar-refractivity contribution in [3.05, 3.63) is 29.1 Å². The molecule has 31 heavy (non-hydrogen) atoms. The smallest absolute Gasteiger partial charge is 0.316 e. The predicted molar refractivity (Wildman–Crippen MR) is 61.8 cm³/mol. The number of anilines is 1. The summed E-state index contributed by atoms with van der Waals surface area (Å²) in [6.07, 6.45) is -22.1. The lowest BCUT2D eigenvalue weighted by molar-refractivity contribution is -0.472. The van der Waals surface area contributed by atoms with Crippen molar-refractivity contribution >= 4 is 11.6 Å². The minimum atomic E-state index is -7.56. The maximum atomic E-state index is 13.9. The molecule has 19 heteroatoms. The number of ether oxygens (including phenoxy) is 1. The van der Waals surface area contributed by atoms with Crippen LogP contribution in [0, 0.1) is 29.1 Å². The molecule has 0 saturated carbocycles. The molecule has 0 aromatic heterocycles. The zero-order chi connectivity index (χ0) is 25.0. The van der Waals surface area contributed by atoms with Crippen LogP contribution >= 0.6 is 0 Å². The molecule has 1 amide bonds. The third-order valence-corrected chi connectivity index (χ3v) is 3.10. The Hall–Kier alpha value is -2.47. The largest absolute Gasteiger partial charge is 0.462 e. The van der Waals surface area contributed by atoms with E-state index >= 15 is 0 Å². The Morgan fingerprint density at radius 2 is 0.968 bits per heavy atom. The Morgan fingerprint density at radius 3 is 1.29 bits per heavy atom. The van der Waals surface area contributed by atoms with Crippen molar-refractivity contribution < 1.29 is 79.8 Å². The van der Waals surface area contributed by atoms with Gasteiger partial charge in [0.15, 0.2) is 23.3 Å². The molecule has 0 radical (unpaired) electrons. The van der Waals surface area contributed by atoms with Gasteiger partial charge in [0, 0.05) is 0 Å². The molecule has 1 aromatic carbocycles. The van der Waals surface area contributed by atoms with Crippen molar-refractivity contribution in [1.29, 1.82) is 0 Å². The van der Waals surface area contributed by atoms with E-state index in [4.69, 9.17) is 0 Å². The van der Waals surface area contributed by atoms with Gasteiger partial charge in [-0.3, -0.25) is 9.53 Å². The van der Waals surface area contributed by atoms with Crippen LogP contribution in [0.15, 0.2) is 0 Å². The van der Waals surface area contributed by atoms with Crippen LogP contribution in [-0.2, 0) is 9.53 Å².